The summed E-state index contributed by atoms with van der Waals surface area (Å²) in [4.78, 5) is 20.7. The second kappa shape index (κ2) is 22.1. The molecular formula is C85H61BN6. The van der Waals surface area contributed by atoms with Crippen molar-refractivity contribution in [3.8, 4) is 84.4 Å². The zero-order valence-electron chi connectivity index (χ0n) is 51.6. The molecule has 2 aromatic heterocycles. The van der Waals surface area contributed by atoms with Gasteiger partial charge in [0.2, 0.25) is 0 Å². The molecule has 2 aliphatic heterocycles. The number of hydrogen-bond acceptors (Lipinski definition) is 5. The van der Waals surface area contributed by atoms with Crippen LogP contribution < -0.4 is 26.2 Å². The van der Waals surface area contributed by atoms with Crippen LogP contribution in [0.3, 0.4) is 0 Å². The van der Waals surface area contributed by atoms with Gasteiger partial charge in [0.15, 0.2) is 17.5 Å². The number of aryl methyl sites for hydroxylation is 4. The number of hydrogen-bond donors (Lipinski definition) is 0. The van der Waals surface area contributed by atoms with Crippen molar-refractivity contribution >= 4 is 79.0 Å². The van der Waals surface area contributed by atoms with E-state index in [0.717, 1.165) is 78.4 Å². The normalized spacial score (nSPS) is 12.3. The van der Waals surface area contributed by atoms with E-state index in [1.54, 1.807) is 0 Å². The minimum atomic E-state index is -0.00143. The van der Waals surface area contributed by atoms with E-state index in [-0.39, 0.29) is 6.71 Å². The largest absolute Gasteiger partial charge is 0.311 e. The molecule has 4 heterocycles. The second-order valence-electron chi connectivity index (χ2n) is 24.7. The lowest BCUT2D eigenvalue weighted by Crippen LogP contribution is -2.61. The van der Waals surface area contributed by atoms with E-state index in [2.05, 4.69) is 303 Å². The fourth-order valence-corrected chi connectivity index (χ4v) is 14.6. The molecule has 13 aromatic carbocycles. The van der Waals surface area contributed by atoms with Crippen LogP contribution in [0.15, 0.2) is 297 Å². The highest BCUT2D eigenvalue weighted by Crippen LogP contribution is 2.48. The average molecular weight is 1180 g/mol. The maximum absolute atomic E-state index is 5.32. The molecule has 0 aliphatic carbocycles. The minimum Gasteiger partial charge on any atom is -0.311 e. The molecule has 0 saturated heterocycles. The summed E-state index contributed by atoms with van der Waals surface area (Å²) in [6, 6.07) is 109. The first kappa shape index (κ1) is 54.5. The monoisotopic (exact) mass is 1180 g/mol. The van der Waals surface area contributed by atoms with Crippen molar-refractivity contribution in [2.24, 2.45) is 0 Å². The first-order valence-corrected chi connectivity index (χ1v) is 31.7. The SMILES string of the molecule is Cc1cc(C)cc(-c2ccc3c(c2)c2cc(-c4cc(C)cc(C)c4)ccc2n3-c2ccc(-c3nc(-c4ccccc4)nc(-c4ccccc4)n3)cc2-c2cccc(-c3cc4c5c(c3)N(c3ccccc3)c3ccccc3B5c3ccccc3N4c3ccccc3)c2)c1. The van der Waals surface area contributed by atoms with Crippen molar-refractivity contribution < 1.29 is 0 Å². The molecule has 7 heteroatoms. The fourth-order valence-electron chi connectivity index (χ4n) is 14.6. The van der Waals surface area contributed by atoms with Gasteiger partial charge in [-0.3, -0.25) is 0 Å². The molecular weight excluding hydrogens is 1120 g/mol. The third kappa shape index (κ3) is 9.39. The number of nitrogens with zero attached hydrogens (tertiary/aromatic N) is 6. The molecule has 0 saturated carbocycles. The Balaban J connectivity index is 0.923. The molecule has 0 amide bonds. The number of para-hydroxylation sites is 4. The van der Waals surface area contributed by atoms with Crippen LogP contribution in [0.25, 0.3) is 106 Å². The predicted octanol–water partition coefficient (Wildman–Crippen LogP) is 20.0. The molecule has 0 bridgehead atoms. The molecule has 0 radical (unpaired) electrons. The summed E-state index contributed by atoms with van der Waals surface area (Å²) in [6.45, 7) is 8.75. The first-order valence-electron chi connectivity index (χ1n) is 31.7. The molecule has 0 spiro atoms. The van der Waals surface area contributed by atoms with Gasteiger partial charge in [-0.15, -0.1) is 0 Å². The van der Waals surface area contributed by atoms with Crippen molar-refractivity contribution in [2.75, 3.05) is 9.80 Å². The summed E-state index contributed by atoms with van der Waals surface area (Å²) in [5.74, 6) is 1.81. The van der Waals surface area contributed by atoms with Gasteiger partial charge in [0.05, 0.1) is 16.7 Å². The Kier molecular flexibility index (Phi) is 13.1. The third-order valence-electron chi connectivity index (χ3n) is 18.5. The fraction of sp³-hybridized carbons (Fsp3) is 0.0471. The predicted molar refractivity (Wildman–Crippen MR) is 385 cm³/mol. The van der Waals surface area contributed by atoms with Crippen LogP contribution in [0.1, 0.15) is 22.3 Å². The minimum absolute atomic E-state index is 0.00143. The van der Waals surface area contributed by atoms with Gasteiger partial charge in [0.1, 0.15) is 0 Å². The number of anilines is 6. The van der Waals surface area contributed by atoms with Gasteiger partial charge in [0, 0.05) is 67.2 Å². The molecule has 17 rings (SSSR count). The molecule has 434 valence electrons. The zero-order chi connectivity index (χ0) is 61.6. The third-order valence-corrected chi connectivity index (χ3v) is 18.5. The standard InChI is InChI=1S/C85H61BN6/c1-54-42-55(2)45-65(44-54)61-36-39-76-71(49-61)72-50-62(66-46-56(3)43-57(4)47-66)37-40-77(72)92(76)75-41-38-64(85-88-83(58-22-9-5-10-23-58)87-84(89-85)59-24-11-6-12-25-59)51-70(75)63-27-21-26-60(48-63)67-52-80-82-81(53-67)91(69-30-15-8-16-31-69)79-35-20-18-33-74(79)86(82)73-32-17-19-34-78(73)90(80)68-28-13-7-14-29-68/h5-53H,1-4H3. The van der Waals surface area contributed by atoms with Crippen molar-refractivity contribution in [3.05, 3.63) is 320 Å². The Morgan fingerprint density at radius 1 is 0.261 bits per heavy atom. The summed E-state index contributed by atoms with van der Waals surface area (Å²) >= 11 is 0. The second-order valence-corrected chi connectivity index (χ2v) is 24.7. The Morgan fingerprint density at radius 3 is 1.14 bits per heavy atom. The van der Waals surface area contributed by atoms with Gasteiger partial charge < -0.3 is 14.4 Å². The van der Waals surface area contributed by atoms with Crippen LogP contribution >= 0.6 is 0 Å². The molecule has 92 heavy (non-hydrogen) atoms. The average Bonchev–Trinajstić information content (AvgIpc) is 0.768. The van der Waals surface area contributed by atoms with Crippen molar-refractivity contribution in [1.29, 1.82) is 0 Å². The lowest BCUT2D eigenvalue weighted by molar-refractivity contribution is 1.07. The highest BCUT2D eigenvalue weighted by molar-refractivity contribution is 7.00. The highest BCUT2D eigenvalue weighted by atomic mass is 15.2. The van der Waals surface area contributed by atoms with Gasteiger partial charge >= 0.3 is 0 Å². The van der Waals surface area contributed by atoms with E-state index in [9.17, 15) is 0 Å². The summed E-state index contributed by atoms with van der Waals surface area (Å²) in [5.41, 5.74) is 30.7. The van der Waals surface area contributed by atoms with Gasteiger partial charge in [-0.1, -0.05) is 222 Å². The van der Waals surface area contributed by atoms with E-state index in [1.165, 1.54) is 83.0 Å². The molecule has 0 N–H and O–H groups in total. The van der Waals surface area contributed by atoms with Gasteiger partial charge in [0.25, 0.3) is 6.71 Å². The van der Waals surface area contributed by atoms with E-state index in [1.807, 2.05) is 36.4 Å². The molecule has 15 aromatic rings. The van der Waals surface area contributed by atoms with Crippen LogP contribution in [-0.4, -0.2) is 26.2 Å². The number of fused-ring (bicyclic) bond motifs is 7. The van der Waals surface area contributed by atoms with Crippen LogP contribution in [0.4, 0.5) is 34.1 Å². The smallest absolute Gasteiger partial charge is 0.252 e. The van der Waals surface area contributed by atoms with E-state index in [0.29, 0.717) is 17.5 Å². The summed E-state index contributed by atoms with van der Waals surface area (Å²) < 4.78 is 2.48. The Labute approximate surface area is 536 Å². The number of aromatic nitrogens is 4. The lowest BCUT2D eigenvalue weighted by atomic mass is 9.33. The van der Waals surface area contributed by atoms with E-state index >= 15 is 0 Å². The van der Waals surface area contributed by atoms with Gasteiger partial charge in [-0.25, -0.2) is 15.0 Å². The molecule has 2 aliphatic rings. The summed E-state index contributed by atoms with van der Waals surface area (Å²) in [6.07, 6.45) is 0. The van der Waals surface area contributed by atoms with E-state index < -0.39 is 0 Å². The van der Waals surface area contributed by atoms with E-state index in [4.69, 9.17) is 15.0 Å². The van der Waals surface area contributed by atoms with Crippen LogP contribution in [0.2, 0.25) is 0 Å². The van der Waals surface area contributed by atoms with Crippen molar-refractivity contribution in [1.82, 2.24) is 19.5 Å². The Morgan fingerprint density at radius 2 is 0.652 bits per heavy atom. The number of benzene rings is 13. The number of rotatable bonds is 10. The van der Waals surface area contributed by atoms with Gasteiger partial charge in [-0.05, 0) is 180 Å². The van der Waals surface area contributed by atoms with Crippen LogP contribution in [0.5, 0.6) is 0 Å². The molecule has 0 unspecified atom stereocenters. The first-order chi connectivity index (χ1) is 45.2. The maximum atomic E-state index is 5.32. The highest BCUT2D eigenvalue weighted by Gasteiger charge is 2.43. The summed E-state index contributed by atoms with van der Waals surface area (Å²) in [7, 11) is 0. The van der Waals surface area contributed by atoms with Crippen LogP contribution in [-0.2, 0) is 0 Å². The van der Waals surface area contributed by atoms with Gasteiger partial charge in [-0.2, -0.15) is 0 Å². The molecule has 0 fully saturated rings. The topological polar surface area (TPSA) is 50.1 Å². The van der Waals surface area contributed by atoms with Crippen molar-refractivity contribution in [3.63, 3.8) is 0 Å². The quantitative estimate of drug-likeness (QED) is 0.128. The summed E-state index contributed by atoms with van der Waals surface area (Å²) in [5, 5.41) is 2.36. The molecule has 0 atom stereocenters. The molecule has 6 nitrogen and oxygen atoms in total. The van der Waals surface area contributed by atoms with Crippen molar-refractivity contribution in [2.45, 2.75) is 27.7 Å². The maximum Gasteiger partial charge on any atom is 0.252 e. The van der Waals surface area contributed by atoms with Crippen LogP contribution in [0, 0.1) is 27.7 Å². The Hall–Kier alpha value is -11.7. The lowest BCUT2D eigenvalue weighted by Gasteiger charge is -2.44. The Bertz CT molecular complexity index is 5090. The zero-order valence-corrected chi connectivity index (χ0v) is 51.6.